The van der Waals surface area contributed by atoms with E-state index in [-0.39, 0.29) is 11.9 Å². The van der Waals surface area contributed by atoms with Crippen LogP contribution in [0, 0.1) is 5.82 Å². The lowest BCUT2D eigenvalue weighted by Crippen LogP contribution is -2.43. The van der Waals surface area contributed by atoms with E-state index >= 15 is 0 Å². The average molecular weight is 231 g/mol. The summed E-state index contributed by atoms with van der Waals surface area (Å²) in [5, 5.41) is 0. The molecule has 0 saturated carbocycles. The largest absolute Gasteiger partial charge is 0.290 e. The van der Waals surface area contributed by atoms with Gasteiger partial charge in [0.25, 0.3) is 0 Å². The van der Waals surface area contributed by atoms with Gasteiger partial charge in [0.15, 0.2) is 0 Å². The highest BCUT2D eigenvalue weighted by Crippen LogP contribution is 2.37. The fourth-order valence-electron chi connectivity index (χ4n) is 3.17. The van der Waals surface area contributed by atoms with Gasteiger partial charge in [0.1, 0.15) is 5.82 Å². The first kappa shape index (κ1) is 11.0. The Bertz CT molecular complexity index is 427. The van der Waals surface area contributed by atoms with Crippen LogP contribution in [0.4, 0.5) is 4.39 Å². The minimum atomic E-state index is -0.0484. The third-order valence-electron chi connectivity index (χ3n) is 3.98. The molecule has 2 atom stereocenters. The standard InChI is InChI=1S/C15H18FN/c16-14-9-2-1-8-13(14)15-10-5-7-12-6-3-4-11-17(12)15/h1-3,6,8-9,12,15H,4-5,7,10-11H2/t12-,15-/m1/s1. The predicted molar refractivity (Wildman–Crippen MR) is 67.2 cm³/mol. The molecule has 90 valence electrons. The fraction of sp³-hybridized carbons (Fsp3) is 0.467. The van der Waals surface area contributed by atoms with Crippen molar-refractivity contribution < 1.29 is 4.39 Å². The summed E-state index contributed by atoms with van der Waals surface area (Å²) in [5.74, 6) is -0.0484. The Balaban J connectivity index is 1.92. The second kappa shape index (κ2) is 4.61. The highest BCUT2D eigenvalue weighted by molar-refractivity contribution is 5.23. The van der Waals surface area contributed by atoms with Crippen molar-refractivity contribution in [3.63, 3.8) is 0 Å². The topological polar surface area (TPSA) is 3.24 Å². The molecule has 0 bridgehead atoms. The van der Waals surface area contributed by atoms with Gasteiger partial charge in [-0.1, -0.05) is 30.4 Å². The van der Waals surface area contributed by atoms with Crippen molar-refractivity contribution in [2.24, 2.45) is 0 Å². The first-order valence-corrected chi connectivity index (χ1v) is 6.53. The van der Waals surface area contributed by atoms with Gasteiger partial charge in [0.2, 0.25) is 0 Å². The van der Waals surface area contributed by atoms with Crippen molar-refractivity contribution in [2.45, 2.75) is 37.8 Å². The maximum atomic E-state index is 13.9. The Morgan fingerprint density at radius 2 is 2.06 bits per heavy atom. The molecule has 2 heterocycles. The number of fused-ring (bicyclic) bond motifs is 1. The molecule has 1 aromatic rings. The molecule has 0 unspecified atom stereocenters. The minimum absolute atomic E-state index is 0.0484. The zero-order valence-corrected chi connectivity index (χ0v) is 9.98. The Morgan fingerprint density at radius 3 is 2.94 bits per heavy atom. The molecule has 2 heteroatoms. The zero-order valence-electron chi connectivity index (χ0n) is 9.98. The molecule has 0 N–H and O–H groups in total. The zero-order chi connectivity index (χ0) is 11.7. The first-order chi connectivity index (χ1) is 8.36. The molecule has 1 aromatic carbocycles. The van der Waals surface area contributed by atoms with Gasteiger partial charge < -0.3 is 0 Å². The number of benzene rings is 1. The normalized spacial score (nSPS) is 29.0. The SMILES string of the molecule is Fc1ccccc1[C@H]1CCC[C@H]2C=CCCN21. The Labute approximate surface area is 102 Å². The summed E-state index contributed by atoms with van der Waals surface area (Å²) in [5.41, 5.74) is 0.882. The van der Waals surface area contributed by atoms with Crippen molar-refractivity contribution >= 4 is 0 Å². The van der Waals surface area contributed by atoms with Crippen LogP contribution < -0.4 is 0 Å². The Kier molecular flexibility index (Phi) is 2.98. The summed E-state index contributed by atoms with van der Waals surface area (Å²) in [6.45, 7) is 1.07. The quantitative estimate of drug-likeness (QED) is 0.666. The molecule has 0 spiro atoms. The molecular formula is C15H18FN. The van der Waals surface area contributed by atoms with Crippen molar-refractivity contribution in [2.75, 3.05) is 6.54 Å². The lowest BCUT2D eigenvalue weighted by Gasteiger charge is -2.43. The molecule has 0 amide bonds. The number of piperidine rings is 1. The molecule has 2 aliphatic rings. The van der Waals surface area contributed by atoms with E-state index in [0.29, 0.717) is 6.04 Å². The van der Waals surface area contributed by atoms with Crippen LogP contribution in [0.1, 0.15) is 37.3 Å². The Hall–Kier alpha value is -1.15. The maximum Gasteiger partial charge on any atom is 0.127 e. The van der Waals surface area contributed by atoms with Gasteiger partial charge in [-0.3, -0.25) is 4.90 Å². The van der Waals surface area contributed by atoms with Gasteiger partial charge in [0, 0.05) is 24.2 Å². The Morgan fingerprint density at radius 1 is 1.18 bits per heavy atom. The monoisotopic (exact) mass is 231 g/mol. The van der Waals surface area contributed by atoms with E-state index in [1.54, 1.807) is 12.1 Å². The second-order valence-electron chi connectivity index (χ2n) is 4.99. The van der Waals surface area contributed by atoms with E-state index in [4.69, 9.17) is 0 Å². The van der Waals surface area contributed by atoms with Gasteiger partial charge in [0.05, 0.1) is 0 Å². The van der Waals surface area contributed by atoms with E-state index in [0.717, 1.165) is 24.9 Å². The number of halogens is 1. The summed E-state index contributed by atoms with van der Waals surface area (Å²) in [6.07, 6.45) is 9.18. The summed E-state index contributed by atoms with van der Waals surface area (Å²) < 4.78 is 13.9. The van der Waals surface area contributed by atoms with Crippen LogP contribution in [0.15, 0.2) is 36.4 Å². The van der Waals surface area contributed by atoms with Crippen LogP contribution in [0.5, 0.6) is 0 Å². The number of hydrogen-bond acceptors (Lipinski definition) is 1. The summed E-state index contributed by atoms with van der Waals surface area (Å²) in [6, 6.07) is 8.05. The van der Waals surface area contributed by atoms with Gasteiger partial charge in [-0.25, -0.2) is 4.39 Å². The first-order valence-electron chi connectivity index (χ1n) is 6.53. The molecule has 1 saturated heterocycles. The van der Waals surface area contributed by atoms with Crippen LogP contribution >= 0.6 is 0 Å². The van der Waals surface area contributed by atoms with Crippen LogP contribution in [0.2, 0.25) is 0 Å². The van der Waals surface area contributed by atoms with Crippen LogP contribution in [0.3, 0.4) is 0 Å². The van der Waals surface area contributed by atoms with Gasteiger partial charge in [-0.05, 0) is 31.7 Å². The minimum Gasteiger partial charge on any atom is -0.290 e. The van der Waals surface area contributed by atoms with Crippen LogP contribution in [-0.2, 0) is 0 Å². The van der Waals surface area contributed by atoms with Crippen molar-refractivity contribution in [3.8, 4) is 0 Å². The molecular weight excluding hydrogens is 213 g/mol. The van der Waals surface area contributed by atoms with E-state index < -0.39 is 0 Å². The van der Waals surface area contributed by atoms with Crippen LogP contribution in [-0.4, -0.2) is 17.5 Å². The van der Waals surface area contributed by atoms with Crippen molar-refractivity contribution in [1.82, 2.24) is 4.90 Å². The second-order valence-corrected chi connectivity index (χ2v) is 4.99. The van der Waals surface area contributed by atoms with E-state index in [2.05, 4.69) is 17.1 Å². The number of hydrogen-bond donors (Lipinski definition) is 0. The smallest absolute Gasteiger partial charge is 0.127 e. The van der Waals surface area contributed by atoms with Gasteiger partial charge in [-0.2, -0.15) is 0 Å². The van der Waals surface area contributed by atoms with E-state index in [9.17, 15) is 4.39 Å². The van der Waals surface area contributed by atoms with Crippen molar-refractivity contribution in [3.05, 3.63) is 47.8 Å². The van der Waals surface area contributed by atoms with Gasteiger partial charge >= 0.3 is 0 Å². The van der Waals surface area contributed by atoms with E-state index in [1.165, 1.54) is 12.8 Å². The molecule has 1 nitrogen and oxygen atoms in total. The molecule has 0 aliphatic carbocycles. The lowest BCUT2D eigenvalue weighted by atomic mass is 9.88. The van der Waals surface area contributed by atoms with Crippen molar-refractivity contribution in [1.29, 1.82) is 0 Å². The highest BCUT2D eigenvalue weighted by atomic mass is 19.1. The fourth-order valence-corrected chi connectivity index (χ4v) is 3.17. The molecule has 0 radical (unpaired) electrons. The molecule has 2 aliphatic heterocycles. The third-order valence-corrected chi connectivity index (χ3v) is 3.98. The summed E-state index contributed by atoms with van der Waals surface area (Å²) >= 11 is 0. The summed E-state index contributed by atoms with van der Waals surface area (Å²) in [4.78, 5) is 2.47. The van der Waals surface area contributed by atoms with Crippen LogP contribution in [0.25, 0.3) is 0 Å². The predicted octanol–water partition coefficient (Wildman–Crippen LogP) is 3.68. The maximum absolute atomic E-state index is 13.9. The number of rotatable bonds is 1. The molecule has 3 rings (SSSR count). The number of nitrogens with zero attached hydrogens (tertiary/aromatic N) is 1. The molecule has 0 aromatic heterocycles. The molecule has 17 heavy (non-hydrogen) atoms. The van der Waals surface area contributed by atoms with Gasteiger partial charge in [-0.15, -0.1) is 0 Å². The lowest BCUT2D eigenvalue weighted by molar-refractivity contribution is 0.102. The highest BCUT2D eigenvalue weighted by Gasteiger charge is 2.32. The third kappa shape index (κ3) is 2.02. The summed E-state index contributed by atoms with van der Waals surface area (Å²) in [7, 11) is 0. The van der Waals surface area contributed by atoms with E-state index in [1.807, 2.05) is 12.1 Å². The average Bonchev–Trinajstić information content (AvgIpc) is 2.39. The molecule has 1 fully saturated rings.